The molecule has 14 heavy (non-hydrogen) atoms. The third kappa shape index (κ3) is 3.23. The molecular weight excluding hydrogens is 178 g/mol. The molecule has 3 nitrogen and oxygen atoms in total. The van der Waals surface area contributed by atoms with E-state index in [1.54, 1.807) is 0 Å². The molecule has 0 bridgehead atoms. The minimum absolute atomic E-state index is 0.0764. The molecule has 0 aromatic heterocycles. The van der Waals surface area contributed by atoms with Gasteiger partial charge >= 0.3 is 0 Å². The smallest absolute Gasteiger partial charge is 0.157 e. The van der Waals surface area contributed by atoms with Gasteiger partial charge in [-0.2, -0.15) is 0 Å². The fraction of sp³-hybridized carbons (Fsp3) is 1.00. The zero-order valence-electron chi connectivity index (χ0n) is 8.84. The maximum Gasteiger partial charge on any atom is 0.157 e. The van der Waals surface area contributed by atoms with Crippen molar-refractivity contribution >= 4 is 0 Å². The van der Waals surface area contributed by atoms with Crippen LogP contribution in [0.3, 0.4) is 0 Å². The molecular formula is C11H21NO2. The van der Waals surface area contributed by atoms with Crippen LogP contribution in [0.4, 0.5) is 0 Å². The fourth-order valence-corrected chi connectivity index (χ4v) is 2.13. The highest BCUT2D eigenvalue weighted by atomic mass is 16.7. The lowest BCUT2D eigenvalue weighted by Crippen LogP contribution is -2.39. The largest absolute Gasteiger partial charge is 0.353 e. The molecule has 2 aliphatic heterocycles. The maximum atomic E-state index is 5.74. The Balaban J connectivity index is 1.60. The molecule has 82 valence electrons. The highest BCUT2D eigenvalue weighted by Gasteiger charge is 2.18. The molecule has 2 heterocycles. The van der Waals surface area contributed by atoms with Gasteiger partial charge in [-0.05, 0) is 38.6 Å². The zero-order valence-corrected chi connectivity index (χ0v) is 8.84. The van der Waals surface area contributed by atoms with Gasteiger partial charge < -0.3 is 14.8 Å². The average Bonchev–Trinajstić information content (AvgIpc) is 2.29. The summed E-state index contributed by atoms with van der Waals surface area (Å²) >= 11 is 0. The summed E-state index contributed by atoms with van der Waals surface area (Å²) in [5.74, 6) is 0. The van der Waals surface area contributed by atoms with Gasteiger partial charge in [0.25, 0.3) is 0 Å². The van der Waals surface area contributed by atoms with Gasteiger partial charge in [0.05, 0.1) is 6.61 Å². The number of nitrogens with one attached hydrogen (secondary N) is 1. The maximum absolute atomic E-state index is 5.74. The van der Waals surface area contributed by atoms with E-state index in [0.29, 0.717) is 6.04 Å². The van der Waals surface area contributed by atoms with E-state index < -0.39 is 0 Å². The highest BCUT2D eigenvalue weighted by Crippen LogP contribution is 2.15. The van der Waals surface area contributed by atoms with Gasteiger partial charge in [0.15, 0.2) is 6.29 Å². The summed E-state index contributed by atoms with van der Waals surface area (Å²) in [6.07, 6.45) is 7.51. The van der Waals surface area contributed by atoms with Crippen molar-refractivity contribution in [2.45, 2.75) is 50.9 Å². The standard InChI is InChI=1S/C11H21NO2/c1-3-7-12-10(5-1)9-14-11-6-2-4-8-13-11/h10-12H,1-9H2. The second kappa shape index (κ2) is 5.69. The van der Waals surface area contributed by atoms with Crippen LogP contribution in [0.1, 0.15) is 38.5 Å². The molecule has 0 aromatic rings. The van der Waals surface area contributed by atoms with E-state index in [-0.39, 0.29) is 6.29 Å². The Morgan fingerprint density at radius 1 is 1.14 bits per heavy atom. The van der Waals surface area contributed by atoms with E-state index in [1.807, 2.05) is 0 Å². The molecule has 2 rings (SSSR count). The monoisotopic (exact) mass is 199 g/mol. The van der Waals surface area contributed by atoms with E-state index >= 15 is 0 Å². The predicted molar refractivity (Wildman–Crippen MR) is 55.2 cm³/mol. The first kappa shape index (κ1) is 10.4. The summed E-state index contributed by atoms with van der Waals surface area (Å²) in [6.45, 7) is 2.85. The van der Waals surface area contributed by atoms with E-state index in [1.165, 1.54) is 32.1 Å². The van der Waals surface area contributed by atoms with Gasteiger partial charge in [0.1, 0.15) is 0 Å². The molecule has 1 N–H and O–H groups in total. The van der Waals surface area contributed by atoms with E-state index in [4.69, 9.17) is 9.47 Å². The van der Waals surface area contributed by atoms with Crippen molar-refractivity contribution in [2.24, 2.45) is 0 Å². The van der Waals surface area contributed by atoms with Crippen LogP contribution in [0.15, 0.2) is 0 Å². The lowest BCUT2D eigenvalue weighted by atomic mass is 10.1. The van der Waals surface area contributed by atoms with E-state index in [0.717, 1.165) is 26.2 Å². The number of ether oxygens (including phenoxy) is 2. The molecule has 0 spiro atoms. The summed E-state index contributed by atoms with van der Waals surface area (Å²) in [5, 5.41) is 3.48. The van der Waals surface area contributed by atoms with Crippen LogP contribution in [0.2, 0.25) is 0 Å². The van der Waals surface area contributed by atoms with Crippen LogP contribution >= 0.6 is 0 Å². The molecule has 0 saturated carbocycles. The Kier molecular flexibility index (Phi) is 4.22. The van der Waals surface area contributed by atoms with Crippen LogP contribution in [0, 0.1) is 0 Å². The van der Waals surface area contributed by atoms with Crippen LogP contribution in [0.5, 0.6) is 0 Å². The number of hydrogen-bond acceptors (Lipinski definition) is 3. The molecule has 2 atom stereocenters. The van der Waals surface area contributed by atoms with Crippen LogP contribution in [-0.4, -0.2) is 32.1 Å². The van der Waals surface area contributed by atoms with Crippen molar-refractivity contribution in [3.05, 3.63) is 0 Å². The molecule has 0 amide bonds. The first-order valence-electron chi connectivity index (χ1n) is 5.92. The topological polar surface area (TPSA) is 30.5 Å². The minimum atomic E-state index is 0.0764. The predicted octanol–water partition coefficient (Wildman–Crippen LogP) is 1.67. The van der Waals surface area contributed by atoms with E-state index in [9.17, 15) is 0 Å². The minimum Gasteiger partial charge on any atom is -0.353 e. The van der Waals surface area contributed by atoms with Crippen LogP contribution in [0.25, 0.3) is 0 Å². The fourth-order valence-electron chi connectivity index (χ4n) is 2.13. The third-order valence-electron chi connectivity index (χ3n) is 3.03. The SMILES string of the molecule is C1CCC(COC2CCCCO2)NC1. The second-order valence-corrected chi connectivity index (χ2v) is 4.28. The summed E-state index contributed by atoms with van der Waals surface area (Å²) in [4.78, 5) is 0. The second-order valence-electron chi connectivity index (χ2n) is 4.28. The molecule has 0 aromatic carbocycles. The Morgan fingerprint density at radius 3 is 2.79 bits per heavy atom. The molecule has 2 unspecified atom stereocenters. The Labute approximate surface area is 86.2 Å². The Bertz CT molecular complexity index is 133. The highest BCUT2D eigenvalue weighted by molar-refractivity contribution is 4.71. The molecule has 2 saturated heterocycles. The van der Waals surface area contributed by atoms with Gasteiger partial charge in [-0.15, -0.1) is 0 Å². The van der Waals surface area contributed by atoms with Gasteiger partial charge in [0, 0.05) is 12.6 Å². The van der Waals surface area contributed by atoms with E-state index in [2.05, 4.69) is 5.32 Å². The van der Waals surface area contributed by atoms with Gasteiger partial charge in [-0.1, -0.05) is 6.42 Å². The molecule has 3 heteroatoms. The third-order valence-corrected chi connectivity index (χ3v) is 3.03. The molecule has 0 aliphatic carbocycles. The van der Waals surface area contributed by atoms with Crippen molar-refractivity contribution in [1.29, 1.82) is 0 Å². The Morgan fingerprint density at radius 2 is 2.07 bits per heavy atom. The lowest BCUT2D eigenvalue weighted by molar-refractivity contribution is -0.166. The van der Waals surface area contributed by atoms with Gasteiger partial charge in [-0.3, -0.25) is 0 Å². The van der Waals surface area contributed by atoms with Crippen molar-refractivity contribution in [2.75, 3.05) is 19.8 Å². The number of piperidine rings is 1. The van der Waals surface area contributed by atoms with Crippen LogP contribution in [-0.2, 0) is 9.47 Å². The van der Waals surface area contributed by atoms with Crippen molar-refractivity contribution < 1.29 is 9.47 Å². The summed E-state index contributed by atoms with van der Waals surface area (Å²) in [6, 6.07) is 0.564. The zero-order chi connectivity index (χ0) is 9.64. The normalized spacial score (nSPS) is 34.3. The summed E-state index contributed by atoms with van der Waals surface area (Å²) < 4.78 is 11.3. The summed E-state index contributed by atoms with van der Waals surface area (Å²) in [7, 11) is 0. The summed E-state index contributed by atoms with van der Waals surface area (Å²) in [5.41, 5.74) is 0. The van der Waals surface area contributed by atoms with Crippen molar-refractivity contribution in [3.8, 4) is 0 Å². The lowest BCUT2D eigenvalue weighted by Gasteiger charge is -2.27. The first-order chi connectivity index (χ1) is 6.95. The number of rotatable bonds is 3. The van der Waals surface area contributed by atoms with Crippen molar-refractivity contribution in [1.82, 2.24) is 5.32 Å². The van der Waals surface area contributed by atoms with Crippen molar-refractivity contribution in [3.63, 3.8) is 0 Å². The first-order valence-corrected chi connectivity index (χ1v) is 5.92. The molecule has 2 fully saturated rings. The van der Waals surface area contributed by atoms with Crippen LogP contribution < -0.4 is 5.32 Å². The molecule has 2 aliphatic rings. The van der Waals surface area contributed by atoms with Gasteiger partial charge in [0.2, 0.25) is 0 Å². The molecule has 0 radical (unpaired) electrons. The quantitative estimate of drug-likeness (QED) is 0.750. The average molecular weight is 199 g/mol. The Hall–Kier alpha value is -0.120. The van der Waals surface area contributed by atoms with Gasteiger partial charge in [-0.25, -0.2) is 0 Å². The number of hydrogen-bond donors (Lipinski definition) is 1.